The van der Waals surface area contributed by atoms with Gasteiger partial charge in [-0.2, -0.15) is 0 Å². The van der Waals surface area contributed by atoms with Crippen molar-refractivity contribution in [1.82, 2.24) is 10.3 Å². The van der Waals surface area contributed by atoms with Gasteiger partial charge in [-0.05, 0) is 26.3 Å². The van der Waals surface area contributed by atoms with Crippen molar-refractivity contribution in [1.29, 1.82) is 0 Å². The Hall–Kier alpha value is -0.590. The average molecular weight is 274 g/mol. The number of thiazole rings is 1. The first kappa shape index (κ1) is 14.5. The lowest BCUT2D eigenvalue weighted by Gasteiger charge is -2.27. The van der Waals surface area contributed by atoms with E-state index in [-0.39, 0.29) is 0 Å². The summed E-state index contributed by atoms with van der Waals surface area (Å²) in [6.45, 7) is 1.90. The Kier molecular flexibility index (Phi) is 5.94. The van der Waals surface area contributed by atoms with Crippen molar-refractivity contribution in [3.05, 3.63) is 11.6 Å². The molecular formula is C11H18N2O2S2. The van der Waals surface area contributed by atoms with E-state index in [1.807, 2.05) is 12.3 Å². The number of aliphatic carboxylic acids is 1. The predicted molar refractivity (Wildman–Crippen MR) is 71.8 cm³/mol. The van der Waals surface area contributed by atoms with Gasteiger partial charge in [0, 0.05) is 17.3 Å². The van der Waals surface area contributed by atoms with Crippen molar-refractivity contribution in [2.45, 2.75) is 36.1 Å². The van der Waals surface area contributed by atoms with Crippen molar-refractivity contribution in [3.63, 3.8) is 0 Å². The Morgan fingerprint density at radius 2 is 2.47 bits per heavy atom. The van der Waals surface area contributed by atoms with Crippen LogP contribution in [0.5, 0.6) is 0 Å². The average Bonchev–Trinajstić information content (AvgIpc) is 2.82. The molecule has 0 aromatic carbocycles. The standard InChI is InChI=1S/C11H18N2O2S2/c1-3-11(12-2,9(14)15)5-4-7-16-10-13-6-8-17-10/h6,8,12H,3-5,7H2,1-2H3,(H,14,15). The zero-order chi connectivity index (χ0) is 12.7. The summed E-state index contributed by atoms with van der Waals surface area (Å²) in [6, 6.07) is 0. The van der Waals surface area contributed by atoms with Crippen LogP contribution in [0, 0.1) is 0 Å². The van der Waals surface area contributed by atoms with E-state index in [4.69, 9.17) is 0 Å². The molecule has 17 heavy (non-hydrogen) atoms. The van der Waals surface area contributed by atoms with Crippen LogP contribution in [0.25, 0.3) is 0 Å². The maximum Gasteiger partial charge on any atom is 0.323 e. The SMILES string of the molecule is CCC(CCCSc1nccs1)(NC)C(=O)O. The van der Waals surface area contributed by atoms with E-state index >= 15 is 0 Å². The van der Waals surface area contributed by atoms with Gasteiger partial charge in [0.05, 0.1) is 0 Å². The number of nitrogens with one attached hydrogen (secondary N) is 1. The molecule has 0 spiro atoms. The Labute approximate surface area is 110 Å². The van der Waals surface area contributed by atoms with Crippen LogP contribution in [-0.4, -0.2) is 34.4 Å². The molecule has 0 aliphatic heterocycles. The molecule has 2 N–H and O–H groups in total. The smallest absolute Gasteiger partial charge is 0.323 e. The molecule has 0 fully saturated rings. The molecule has 0 saturated heterocycles. The normalized spacial score (nSPS) is 14.5. The number of thioether (sulfide) groups is 1. The highest BCUT2D eigenvalue weighted by molar-refractivity contribution is 8.00. The van der Waals surface area contributed by atoms with Gasteiger partial charge in [-0.15, -0.1) is 11.3 Å². The summed E-state index contributed by atoms with van der Waals surface area (Å²) in [4.78, 5) is 15.4. The number of likely N-dealkylation sites (N-methyl/N-ethyl adjacent to an activating group) is 1. The zero-order valence-corrected chi connectivity index (χ0v) is 11.7. The predicted octanol–water partition coefficient (Wildman–Crippen LogP) is 2.47. The minimum absolute atomic E-state index is 0.598. The molecule has 4 nitrogen and oxygen atoms in total. The Morgan fingerprint density at radius 1 is 1.71 bits per heavy atom. The monoisotopic (exact) mass is 274 g/mol. The third-order valence-electron chi connectivity index (χ3n) is 2.87. The van der Waals surface area contributed by atoms with Crippen molar-refractivity contribution in [2.24, 2.45) is 0 Å². The number of carboxylic acids is 1. The van der Waals surface area contributed by atoms with Gasteiger partial charge in [-0.1, -0.05) is 18.7 Å². The summed E-state index contributed by atoms with van der Waals surface area (Å²) in [5.74, 6) is 0.145. The molecule has 96 valence electrons. The number of carboxylic acid groups (broad SMARTS) is 1. The molecule has 1 heterocycles. The fourth-order valence-electron chi connectivity index (χ4n) is 1.66. The number of rotatable bonds is 8. The lowest BCUT2D eigenvalue weighted by molar-refractivity contribution is -0.145. The van der Waals surface area contributed by atoms with Crippen LogP contribution >= 0.6 is 23.1 Å². The summed E-state index contributed by atoms with van der Waals surface area (Å²) in [7, 11) is 1.71. The van der Waals surface area contributed by atoms with Crippen LogP contribution in [0.4, 0.5) is 0 Å². The molecule has 0 saturated carbocycles. The molecule has 6 heteroatoms. The number of aromatic nitrogens is 1. The third kappa shape index (κ3) is 3.97. The fourth-order valence-corrected chi connectivity index (χ4v) is 3.31. The Balaban J connectivity index is 2.35. The minimum Gasteiger partial charge on any atom is -0.480 e. The van der Waals surface area contributed by atoms with Crippen LogP contribution in [0.1, 0.15) is 26.2 Å². The molecule has 0 bridgehead atoms. The third-order valence-corrected chi connectivity index (χ3v) is 4.93. The van der Waals surface area contributed by atoms with Gasteiger partial charge in [-0.3, -0.25) is 4.79 Å². The van der Waals surface area contributed by atoms with E-state index in [2.05, 4.69) is 10.3 Å². The van der Waals surface area contributed by atoms with Gasteiger partial charge in [-0.25, -0.2) is 4.98 Å². The van der Waals surface area contributed by atoms with Crippen molar-refractivity contribution in [2.75, 3.05) is 12.8 Å². The van der Waals surface area contributed by atoms with Gasteiger partial charge >= 0.3 is 5.97 Å². The molecule has 1 aromatic rings. The maximum atomic E-state index is 11.2. The maximum absolute atomic E-state index is 11.2. The van der Waals surface area contributed by atoms with Crippen molar-refractivity contribution < 1.29 is 9.90 Å². The second kappa shape index (κ2) is 6.98. The van der Waals surface area contributed by atoms with E-state index in [9.17, 15) is 9.90 Å². The summed E-state index contributed by atoms with van der Waals surface area (Å²) < 4.78 is 1.05. The van der Waals surface area contributed by atoms with Crippen LogP contribution in [0.2, 0.25) is 0 Å². The van der Waals surface area contributed by atoms with Crippen LogP contribution in [-0.2, 0) is 4.79 Å². The molecule has 0 amide bonds. The largest absolute Gasteiger partial charge is 0.480 e. The molecule has 1 rings (SSSR count). The highest BCUT2D eigenvalue weighted by Gasteiger charge is 2.33. The quantitative estimate of drug-likeness (QED) is 0.563. The molecule has 0 aliphatic rings. The summed E-state index contributed by atoms with van der Waals surface area (Å²) in [5.41, 5.74) is -0.774. The highest BCUT2D eigenvalue weighted by atomic mass is 32.2. The van der Waals surface area contributed by atoms with Gasteiger partial charge in [0.2, 0.25) is 0 Å². The van der Waals surface area contributed by atoms with Crippen molar-refractivity contribution >= 4 is 29.1 Å². The molecule has 0 radical (unpaired) electrons. The summed E-state index contributed by atoms with van der Waals surface area (Å²) in [6.07, 6.45) is 3.90. The second-order valence-electron chi connectivity index (χ2n) is 3.74. The molecule has 1 atom stereocenters. The molecular weight excluding hydrogens is 256 g/mol. The number of nitrogens with zero attached hydrogens (tertiary/aromatic N) is 1. The first-order valence-electron chi connectivity index (χ1n) is 5.59. The zero-order valence-electron chi connectivity index (χ0n) is 10.1. The van der Waals surface area contributed by atoms with Crippen LogP contribution in [0.15, 0.2) is 15.9 Å². The first-order chi connectivity index (χ1) is 8.14. The Bertz CT molecular complexity index is 337. The van der Waals surface area contributed by atoms with Gasteiger partial charge in [0.25, 0.3) is 0 Å². The number of carbonyl (C=O) groups is 1. The van der Waals surface area contributed by atoms with Gasteiger partial charge in [0.15, 0.2) is 0 Å². The highest BCUT2D eigenvalue weighted by Crippen LogP contribution is 2.24. The first-order valence-corrected chi connectivity index (χ1v) is 7.45. The van der Waals surface area contributed by atoms with E-state index in [1.54, 1.807) is 36.3 Å². The lowest BCUT2D eigenvalue weighted by Crippen LogP contribution is -2.49. The van der Waals surface area contributed by atoms with E-state index in [1.165, 1.54) is 0 Å². The van der Waals surface area contributed by atoms with E-state index < -0.39 is 11.5 Å². The lowest BCUT2D eigenvalue weighted by atomic mass is 9.91. The Morgan fingerprint density at radius 3 is 2.94 bits per heavy atom. The number of hydrogen-bond acceptors (Lipinski definition) is 5. The number of hydrogen-bond donors (Lipinski definition) is 2. The summed E-state index contributed by atoms with van der Waals surface area (Å²) >= 11 is 3.31. The minimum atomic E-state index is -0.774. The van der Waals surface area contributed by atoms with Crippen LogP contribution in [0.3, 0.4) is 0 Å². The van der Waals surface area contributed by atoms with Crippen molar-refractivity contribution in [3.8, 4) is 0 Å². The van der Waals surface area contributed by atoms with Gasteiger partial charge in [0.1, 0.15) is 9.88 Å². The van der Waals surface area contributed by atoms with E-state index in [0.717, 1.165) is 16.5 Å². The molecule has 0 aliphatic carbocycles. The fraction of sp³-hybridized carbons (Fsp3) is 0.636. The van der Waals surface area contributed by atoms with Gasteiger partial charge < -0.3 is 10.4 Å². The second-order valence-corrected chi connectivity index (χ2v) is 5.98. The topological polar surface area (TPSA) is 62.2 Å². The molecule has 1 aromatic heterocycles. The molecule has 1 unspecified atom stereocenters. The summed E-state index contributed by atoms with van der Waals surface area (Å²) in [5, 5.41) is 14.1. The van der Waals surface area contributed by atoms with Crippen LogP contribution < -0.4 is 5.32 Å². The van der Waals surface area contributed by atoms with E-state index in [0.29, 0.717) is 12.8 Å².